The molecule has 12 aromatic rings. The van der Waals surface area contributed by atoms with E-state index in [1.165, 1.54) is 59.1 Å². The molecular weight excluding hydrogens is 890 g/mol. The highest BCUT2D eigenvalue weighted by Crippen LogP contribution is 2.50. The van der Waals surface area contributed by atoms with E-state index in [2.05, 4.69) is 290 Å². The van der Waals surface area contributed by atoms with Gasteiger partial charge in [-0.1, -0.05) is 175 Å². The highest BCUT2D eigenvalue weighted by Gasteiger charge is 2.33. The number of rotatable bonds is 10. The Kier molecular flexibility index (Phi) is 11.1. The van der Waals surface area contributed by atoms with Crippen LogP contribution in [-0.4, -0.2) is 7.28 Å². The zero-order valence-corrected chi connectivity index (χ0v) is 40.5. The Balaban J connectivity index is 1.08. The number of fused-ring (bicyclic) bond motifs is 6. The number of para-hydroxylation sites is 2. The van der Waals surface area contributed by atoms with Crippen molar-refractivity contribution in [3.05, 3.63) is 266 Å². The molecule has 339 valence electrons. The molecule has 0 saturated carbocycles. The van der Waals surface area contributed by atoms with Gasteiger partial charge in [0.1, 0.15) is 0 Å². The van der Waals surface area contributed by atoms with E-state index >= 15 is 0 Å². The van der Waals surface area contributed by atoms with Gasteiger partial charge in [-0.2, -0.15) is 0 Å². The lowest BCUT2D eigenvalue weighted by molar-refractivity contribution is 1.25. The monoisotopic (exact) mass is 936 g/mol. The van der Waals surface area contributed by atoms with Crippen LogP contribution in [0.1, 0.15) is 5.56 Å². The van der Waals surface area contributed by atoms with Gasteiger partial charge in [0, 0.05) is 65.5 Å². The molecule has 1 radical (unpaired) electrons. The molecule has 0 fully saturated rings. The van der Waals surface area contributed by atoms with Crippen molar-refractivity contribution in [1.82, 2.24) is 0 Å². The number of nitrogens with one attached hydrogen (secondary N) is 1. The number of anilines is 8. The average Bonchev–Trinajstić information content (AvgIpc) is 3.83. The molecule has 13 rings (SSSR count). The van der Waals surface area contributed by atoms with E-state index in [9.17, 15) is 0 Å². The van der Waals surface area contributed by atoms with E-state index in [-0.39, 0.29) is 0 Å². The molecule has 0 aliphatic carbocycles. The van der Waals surface area contributed by atoms with Crippen LogP contribution in [0.4, 0.5) is 45.5 Å². The summed E-state index contributed by atoms with van der Waals surface area (Å²) < 4.78 is 2.50. The van der Waals surface area contributed by atoms with Gasteiger partial charge in [-0.15, -0.1) is 11.3 Å². The van der Waals surface area contributed by atoms with E-state index in [4.69, 9.17) is 0 Å². The zero-order chi connectivity index (χ0) is 48.0. The predicted octanol–water partition coefficient (Wildman–Crippen LogP) is 17.7. The summed E-state index contributed by atoms with van der Waals surface area (Å²) in [5, 5.41) is 6.48. The van der Waals surface area contributed by atoms with Gasteiger partial charge in [0.05, 0.1) is 5.69 Å². The van der Waals surface area contributed by atoms with Gasteiger partial charge in [-0.3, -0.25) is 0 Å². The van der Waals surface area contributed by atoms with Crippen LogP contribution in [0.5, 0.6) is 0 Å². The third-order valence-electron chi connectivity index (χ3n) is 14.0. The van der Waals surface area contributed by atoms with E-state index < -0.39 is 0 Å². The van der Waals surface area contributed by atoms with Gasteiger partial charge in [0.25, 0.3) is 0 Å². The first-order valence-electron chi connectivity index (χ1n) is 24.6. The maximum absolute atomic E-state index is 3.96. The quantitative estimate of drug-likeness (QED) is 0.138. The van der Waals surface area contributed by atoms with Crippen LogP contribution < -0.4 is 26.0 Å². The molecule has 1 aromatic heterocycles. The van der Waals surface area contributed by atoms with Crippen molar-refractivity contribution < 1.29 is 0 Å². The smallest absolute Gasteiger partial charge is 0.198 e. The van der Waals surface area contributed by atoms with E-state index in [1.807, 2.05) is 11.3 Å². The minimum atomic E-state index is 1.03. The Bertz CT molecular complexity index is 3890. The van der Waals surface area contributed by atoms with E-state index in [1.54, 1.807) is 0 Å². The van der Waals surface area contributed by atoms with Crippen LogP contribution in [-0.2, 0) is 0 Å². The van der Waals surface area contributed by atoms with Gasteiger partial charge in [0.2, 0.25) is 0 Å². The van der Waals surface area contributed by atoms with Crippen LogP contribution in [0.15, 0.2) is 261 Å². The standard InChI is InChI=1S/C67H47BN3S/c1-45-40-50(47-22-9-3-10-23-47)35-38-61(45)71-62-39-36-55(70(53-28-13-5-14-29-53)54-30-15-6-16-31-54)43-59(62)68-66-58(44-64-65(67(66)71)56-32-17-18-33-63(56)72-64)57-42-51(48-24-11-4-12-25-48)34-37-60(57)69-52-27-19-26-49(41-52)46-20-7-2-8-21-46/h2-44,69H,1H3. The number of benzene rings is 11. The summed E-state index contributed by atoms with van der Waals surface area (Å²) in [6.07, 6.45) is 0. The lowest BCUT2D eigenvalue weighted by atomic mass is 9.57. The summed E-state index contributed by atoms with van der Waals surface area (Å²) in [6.45, 7) is 2.27. The Labute approximate surface area is 425 Å². The van der Waals surface area contributed by atoms with Crippen molar-refractivity contribution in [3.8, 4) is 44.5 Å². The van der Waals surface area contributed by atoms with E-state index in [0.29, 0.717) is 0 Å². The second-order valence-electron chi connectivity index (χ2n) is 18.5. The molecule has 11 aromatic carbocycles. The minimum absolute atomic E-state index is 1.03. The van der Waals surface area contributed by atoms with Crippen molar-refractivity contribution in [2.75, 3.05) is 15.1 Å². The number of thiophene rings is 1. The normalized spacial score (nSPS) is 11.8. The van der Waals surface area contributed by atoms with Crippen LogP contribution in [0.3, 0.4) is 0 Å². The first-order valence-corrected chi connectivity index (χ1v) is 25.4. The van der Waals surface area contributed by atoms with Gasteiger partial charge in [-0.05, 0) is 148 Å². The van der Waals surface area contributed by atoms with Crippen molar-refractivity contribution in [2.24, 2.45) is 0 Å². The maximum atomic E-state index is 3.96. The first-order chi connectivity index (χ1) is 35.6. The van der Waals surface area contributed by atoms with Crippen molar-refractivity contribution in [3.63, 3.8) is 0 Å². The molecule has 1 aliphatic rings. The molecule has 0 amide bonds. The fraction of sp³-hybridized carbons (Fsp3) is 0.0149. The summed E-state index contributed by atoms with van der Waals surface area (Å²) in [5.41, 5.74) is 21.6. The summed E-state index contributed by atoms with van der Waals surface area (Å²) in [7, 11) is 2.46. The third-order valence-corrected chi connectivity index (χ3v) is 15.1. The lowest BCUT2D eigenvalue weighted by Gasteiger charge is -2.37. The van der Waals surface area contributed by atoms with Crippen molar-refractivity contribution in [2.45, 2.75) is 6.92 Å². The zero-order valence-electron chi connectivity index (χ0n) is 39.7. The van der Waals surface area contributed by atoms with Gasteiger partial charge < -0.3 is 15.1 Å². The highest BCUT2D eigenvalue weighted by molar-refractivity contribution is 7.26. The summed E-state index contributed by atoms with van der Waals surface area (Å²) in [6, 6.07) is 94.5. The third kappa shape index (κ3) is 7.91. The maximum Gasteiger partial charge on any atom is 0.198 e. The Hall–Kier alpha value is -8.90. The first kappa shape index (κ1) is 43.1. The molecule has 1 aliphatic heterocycles. The predicted molar refractivity (Wildman–Crippen MR) is 310 cm³/mol. The topological polar surface area (TPSA) is 18.5 Å². The molecule has 0 spiro atoms. The number of aryl methyl sites for hydroxylation is 1. The molecule has 3 nitrogen and oxygen atoms in total. The second-order valence-corrected chi connectivity index (χ2v) is 19.5. The average molecular weight is 937 g/mol. The lowest BCUT2D eigenvalue weighted by Crippen LogP contribution is -2.41. The van der Waals surface area contributed by atoms with E-state index in [0.717, 1.165) is 67.5 Å². The summed E-state index contributed by atoms with van der Waals surface area (Å²) in [5.74, 6) is 0. The van der Waals surface area contributed by atoms with Crippen LogP contribution in [0.25, 0.3) is 64.7 Å². The molecule has 0 atom stereocenters. The molecule has 0 bridgehead atoms. The SMILES string of the molecule is Cc1cc(-c2ccccc2)ccc1N1c2ccc(N(c3ccccc3)c3ccccc3)cc2[B]c2c(-c3cc(-c4ccccc4)ccc3Nc3cccc(-c4ccccc4)c3)cc3sc4ccccc4c3c21. The Morgan fingerprint density at radius 3 is 1.62 bits per heavy atom. The van der Waals surface area contributed by atoms with Gasteiger partial charge in [-0.25, -0.2) is 0 Å². The molecule has 72 heavy (non-hydrogen) atoms. The molecular formula is C67H47BN3S. The molecule has 1 N–H and O–H groups in total. The molecule has 5 heteroatoms. The molecule has 2 heterocycles. The molecule has 0 unspecified atom stereocenters. The van der Waals surface area contributed by atoms with Crippen LogP contribution in [0, 0.1) is 6.92 Å². The van der Waals surface area contributed by atoms with Crippen LogP contribution >= 0.6 is 11.3 Å². The highest BCUT2D eigenvalue weighted by atomic mass is 32.1. The van der Waals surface area contributed by atoms with Gasteiger partial charge in [0.15, 0.2) is 7.28 Å². The summed E-state index contributed by atoms with van der Waals surface area (Å²) >= 11 is 1.87. The Morgan fingerprint density at radius 2 is 0.972 bits per heavy atom. The second kappa shape index (κ2) is 18.5. The Morgan fingerprint density at radius 1 is 0.417 bits per heavy atom. The molecule has 0 saturated heterocycles. The van der Waals surface area contributed by atoms with Gasteiger partial charge >= 0.3 is 0 Å². The summed E-state index contributed by atoms with van der Waals surface area (Å²) in [4.78, 5) is 4.93. The fourth-order valence-corrected chi connectivity index (χ4v) is 11.7. The van der Waals surface area contributed by atoms with Crippen molar-refractivity contribution >= 4 is 95.2 Å². The largest absolute Gasteiger partial charge is 0.355 e. The number of hydrogen-bond donors (Lipinski definition) is 1. The minimum Gasteiger partial charge on any atom is -0.355 e. The van der Waals surface area contributed by atoms with Crippen molar-refractivity contribution in [1.29, 1.82) is 0 Å². The fourth-order valence-electron chi connectivity index (χ4n) is 10.6. The van der Waals surface area contributed by atoms with Crippen LogP contribution in [0.2, 0.25) is 0 Å². The number of nitrogens with zero attached hydrogens (tertiary/aromatic N) is 2. The number of hydrogen-bond acceptors (Lipinski definition) is 4.